The topological polar surface area (TPSA) is 75.6 Å². The second-order valence-electron chi connectivity index (χ2n) is 4.54. The van der Waals surface area contributed by atoms with E-state index in [1.165, 1.54) is 16.7 Å². The number of amides is 1. The first-order chi connectivity index (χ1) is 7.70. The number of anilines is 1. The lowest BCUT2D eigenvalue weighted by Gasteiger charge is -2.19. The Morgan fingerprint density at radius 2 is 2.00 bits per heavy atom. The third-order valence-electron chi connectivity index (χ3n) is 1.88. The van der Waals surface area contributed by atoms with Crippen molar-refractivity contribution in [3.8, 4) is 0 Å². The molecule has 0 aromatic carbocycles. The van der Waals surface area contributed by atoms with Gasteiger partial charge in [0.05, 0.1) is 5.56 Å². The fourth-order valence-electron chi connectivity index (χ4n) is 1.15. The summed E-state index contributed by atoms with van der Waals surface area (Å²) in [4.78, 5) is 22.3. The molecule has 0 bridgehead atoms. The number of hydrogen-bond acceptors (Lipinski definition) is 4. The van der Waals surface area contributed by atoms with Crippen molar-refractivity contribution in [1.82, 2.24) is 0 Å². The molecule has 0 aliphatic heterocycles. The van der Waals surface area contributed by atoms with E-state index in [-0.39, 0.29) is 5.56 Å². The van der Waals surface area contributed by atoms with Gasteiger partial charge >= 0.3 is 12.1 Å². The zero-order valence-electron chi connectivity index (χ0n) is 10.2. The van der Waals surface area contributed by atoms with Gasteiger partial charge in [-0.15, -0.1) is 11.3 Å². The van der Waals surface area contributed by atoms with Crippen LogP contribution in [0.3, 0.4) is 0 Å². The van der Waals surface area contributed by atoms with Crippen LogP contribution in [0.1, 0.15) is 36.7 Å². The smallest absolute Gasteiger partial charge is 0.412 e. The van der Waals surface area contributed by atoms with Gasteiger partial charge in [0.25, 0.3) is 0 Å². The first-order valence-corrected chi connectivity index (χ1v) is 5.90. The Hall–Kier alpha value is -1.56. The lowest BCUT2D eigenvalue weighted by molar-refractivity contribution is 0.0633. The molecule has 0 radical (unpaired) electrons. The first-order valence-electron chi connectivity index (χ1n) is 5.02. The molecule has 94 valence electrons. The van der Waals surface area contributed by atoms with Crippen molar-refractivity contribution < 1.29 is 19.4 Å². The molecular formula is C11H15NO4S. The van der Waals surface area contributed by atoms with Gasteiger partial charge in [0.1, 0.15) is 10.6 Å². The lowest BCUT2D eigenvalue weighted by Crippen LogP contribution is -2.27. The molecule has 5 nitrogen and oxygen atoms in total. The second kappa shape index (κ2) is 4.75. The molecule has 0 spiro atoms. The van der Waals surface area contributed by atoms with Gasteiger partial charge in [-0.3, -0.25) is 5.32 Å². The number of aromatic carboxylic acids is 1. The van der Waals surface area contributed by atoms with Gasteiger partial charge < -0.3 is 9.84 Å². The highest BCUT2D eigenvalue weighted by Gasteiger charge is 2.19. The van der Waals surface area contributed by atoms with Crippen molar-refractivity contribution in [2.75, 3.05) is 5.32 Å². The van der Waals surface area contributed by atoms with Crippen LogP contribution in [-0.2, 0) is 4.74 Å². The molecule has 1 amide bonds. The van der Waals surface area contributed by atoms with Crippen molar-refractivity contribution in [1.29, 1.82) is 0 Å². The minimum Gasteiger partial charge on any atom is -0.478 e. The second-order valence-corrected chi connectivity index (χ2v) is 5.42. The van der Waals surface area contributed by atoms with Gasteiger partial charge in [0.15, 0.2) is 0 Å². The third-order valence-corrected chi connectivity index (χ3v) is 2.88. The fraction of sp³-hybridized carbons (Fsp3) is 0.455. The Morgan fingerprint density at radius 3 is 2.41 bits per heavy atom. The van der Waals surface area contributed by atoms with Crippen molar-refractivity contribution >= 4 is 28.4 Å². The summed E-state index contributed by atoms with van der Waals surface area (Å²) in [6.07, 6.45) is -0.584. The highest BCUT2D eigenvalue weighted by Crippen LogP contribution is 2.27. The summed E-state index contributed by atoms with van der Waals surface area (Å²) in [5.74, 6) is -1.00. The van der Waals surface area contributed by atoms with Crippen molar-refractivity contribution in [3.05, 3.63) is 16.5 Å². The van der Waals surface area contributed by atoms with Crippen LogP contribution in [0.25, 0.3) is 0 Å². The zero-order chi connectivity index (χ0) is 13.2. The molecular weight excluding hydrogens is 242 g/mol. The van der Waals surface area contributed by atoms with E-state index in [4.69, 9.17) is 9.84 Å². The summed E-state index contributed by atoms with van der Waals surface area (Å²) < 4.78 is 5.08. The van der Waals surface area contributed by atoms with Crippen LogP contribution in [0.5, 0.6) is 0 Å². The first kappa shape index (κ1) is 13.5. The number of carboxylic acids is 1. The number of carbonyl (C=O) groups is 2. The lowest BCUT2D eigenvalue weighted by atomic mass is 10.2. The van der Waals surface area contributed by atoms with Gasteiger partial charge in [-0.2, -0.15) is 0 Å². The fourth-order valence-corrected chi connectivity index (χ4v) is 2.09. The molecule has 2 N–H and O–H groups in total. The van der Waals surface area contributed by atoms with Gasteiger partial charge in [0.2, 0.25) is 0 Å². The Bertz CT molecular complexity index is 445. The number of nitrogens with one attached hydrogen (secondary N) is 1. The predicted molar refractivity (Wildman–Crippen MR) is 65.9 cm³/mol. The Morgan fingerprint density at radius 1 is 1.41 bits per heavy atom. The van der Waals surface area contributed by atoms with E-state index < -0.39 is 17.7 Å². The highest BCUT2D eigenvalue weighted by molar-refractivity contribution is 7.14. The summed E-state index contributed by atoms with van der Waals surface area (Å²) in [6, 6.07) is 0. The van der Waals surface area contributed by atoms with Crippen molar-refractivity contribution in [3.63, 3.8) is 0 Å². The molecule has 17 heavy (non-hydrogen) atoms. The molecule has 1 aromatic heterocycles. The number of thiophene rings is 1. The van der Waals surface area contributed by atoms with E-state index in [1.54, 1.807) is 27.7 Å². The number of ether oxygens (including phenoxy) is 1. The quantitative estimate of drug-likeness (QED) is 0.853. The molecule has 0 saturated heterocycles. The van der Waals surface area contributed by atoms with Crippen LogP contribution >= 0.6 is 11.3 Å². The van der Waals surface area contributed by atoms with E-state index in [0.29, 0.717) is 10.6 Å². The average molecular weight is 257 g/mol. The molecule has 1 aromatic rings. The van der Waals surface area contributed by atoms with Crippen molar-refractivity contribution in [2.24, 2.45) is 0 Å². The van der Waals surface area contributed by atoms with Crippen LogP contribution in [-0.4, -0.2) is 22.8 Å². The molecule has 0 atom stereocenters. The summed E-state index contributed by atoms with van der Waals surface area (Å²) >= 11 is 1.17. The van der Waals surface area contributed by atoms with Gasteiger partial charge in [-0.25, -0.2) is 9.59 Å². The van der Waals surface area contributed by atoms with Crippen LogP contribution in [0, 0.1) is 6.92 Å². The van der Waals surface area contributed by atoms with E-state index >= 15 is 0 Å². The van der Waals surface area contributed by atoms with Crippen LogP contribution < -0.4 is 5.32 Å². The van der Waals surface area contributed by atoms with Gasteiger partial charge in [-0.1, -0.05) is 0 Å². The standard InChI is InChI=1S/C11H15NO4S/c1-6-7(9(13)14)5-17-8(6)12-10(15)16-11(2,3)4/h5H,1-4H3,(H,12,15)(H,13,14). The maximum atomic E-state index is 11.5. The Balaban J connectivity index is 2.76. The molecule has 0 aliphatic carbocycles. The summed E-state index contributed by atoms with van der Waals surface area (Å²) in [7, 11) is 0. The highest BCUT2D eigenvalue weighted by atomic mass is 32.1. The summed E-state index contributed by atoms with van der Waals surface area (Å²) in [5, 5.41) is 13.4. The Kier molecular flexibility index (Phi) is 3.77. The average Bonchev–Trinajstić information content (AvgIpc) is 2.44. The Labute approximate surface area is 103 Å². The normalized spacial score (nSPS) is 11.1. The summed E-state index contributed by atoms with van der Waals surface area (Å²) in [5.41, 5.74) is 0.152. The number of hydrogen-bond donors (Lipinski definition) is 2. The van der Waals surface area contributed by atoms with E-state index in [0.717, 1.165) is 0 Å². The molecule has 1 rings (SSSR count). The monoisotopic (exact) mass is 257 g/mol. The maximum absolute atomic E-state index is 11.5. The van der Waals surface area contributed by atoms with E-state index in [2.05, 4.69) is 5.32 Å². The van der Waals surface area contributed by atoms with Crippen LogP contribution in [0.2, 0.25) is 0 Å². The predicted octanol–water partition coefficient (Wildman–Crippen LogP) is 3.10. The number of carboxylic acid groups (broad SMARTS) is 1. The van der Waals surface area contributed by atoms with Crippen LogP contribution in [0.4, 0.5) is 9.80 Å². The molecule has 1 heterocycles. The van der Waals surface area contributed by atoms with Gasteiger partial charge in [-0.05, 0) is 33.3 Å². The largest absolute Gasteiger partial charge is 0.478 e. The number of rotatable bonds is 2. The molecule has 0 aliphatic rings. The summed E-state index contributed by atoms with van der Waals surface area (Å²) in [6.45, 7) is 6.93. The minimum atomic E-state index is -1.00. The SMILES string of the molecule is Cc1c(C(=O)O)csc1NC(=O)OC(C)(C)C. The van der Waals surface area contributed by atoms with Gasteiger partial charge in [0, 0.05) is 5.38 Å². The molecule has 0 fully saturated rings. The number of carbonyl (C=O) groups excluding carboxylic acids is 1. The molecule has 0 saturated carbocycles. The van der Waals surface area contributed by atoms with Crippen molar-refractivity contribution in [2.45, 2.75) is 33.3 Å². The van der Waals surface area contributed by atoms with E-state index in [1.807, 2.05) is 0 Å². The molecule has 6 heteroatoms. The van der Waals surface area contributed by atoms with E-state index in [9.17, 15) is 9.59 Å². The van der Waals surface area contributed by atoms with Crippen LogP contribution in [0.15, 0.2) is 5.38 Å². The third kappa shape index (κ3) is 3.74. The molecule has 0 unspecified atom stereocenters. The minimum absolute atomic E-state index is 0.195. The maximum Gasteiger partial charge on any atom is 0.412 e. The zero-order valence-corrected chi connectivity index (χ0v) is 11.0.